The van der Waals surface area contributed by atoms with Gasteiger partial charge in [0.1, 0.15) is 0 Å². The quantitative estimate of drug-likeness (QED) is 0.651. The van der Waals surface area contributed by atoms with Gasteiger partial charge in [-0.2, -0.15) is 10.1 Å². The molecule has 0 N–H and O–H groups in total. The van der Waals surface area contributed by atoms with Crippen LogP contribution in [-0.2, 0) is 4.94 Å². The lowest BCUT2D eigenvalue weighted by atomic mass is 10.3. The van der Waals surface area contributed by atoms with Crippen molar-refractivity contribution in [3.8, 4) is 0 Å². The van der Waals surface area contributed by atoms with Crippen LogP contribution in [0.2, 0.25) is 0 Å². The predicted molar refractivity (Wildman–Crippen MR) is 51.9 cm³/mol. The highest BCUT2D eigenvalue weighted by Crippen LogP contribution is 2.22. The maximum absolute atomic E-state index is 5.86. The summed E-state index contributed by atoms with van der Waals surface area (Å²) >= 11 is 0. The van der Waals surface area contributed by atoms with Gasteiger partial charge < -0.3 is 0 Å². The first kappa shape index (κ1) is 9.44. The van der Waals surface area contributed by atoms with Crippen molar-refractivity contribution in [1.82, 2.24) is 10.1 Å². The van der Waals surface area contributed by atoms with Gasteiger partial charge in [-0.1, -0.05) is 0 Å². The van der Waals surface area contributed by atoms with E-state index in [2.05, 4.69) is 24.0 Å². The Morgan fingerprint density at radius 1 is 0.923 bits per heavy atom. The Hall–Kier alpha value is -0.120. The molecule has 2 aliphatic rings. The summed E-state index contributed by atoms with van der Waals surface area (Å²) in [6.07, 6.45) is 5.12. The second kappa shape index (κ2) is 3.95. The van der Waals surface area contributed by atoms with Gasteiger partial charge in [0.2, 0.25) is 0 Å². The molecule has 0 spiro atoms. The average molecular weight is 184 g/mol. The Labute approximate surface area is 80.6 Å². The summed E-state index contributed by atoms with van der Waals surface area (Å²) < 4.78 is 0. The number of hydrogen-bond donors (Lipinski definition) is 0. The van der Waals surface area contributed by atoms with E-state index in [-0.39, 0.29) is 0 Å². The minimum Gasteiger partial charge on any atom is -0.208 e. The molecule has 0 aromatic heterocycles. The van der Waals surface area contributed by atoms with Crippen LogP contribution >= 0.6 is 0 Å². The summed E-state index contributed by atoms with van der Waals surface area (Å²) in [5, 5.41) is 4.28. The minimum absolute atomic E-state index is 0.604. The largest absolute Gasteiger partial charge is 0.208 e. The third kappa shape index (κ3) is 2.03. The number of rotatable bonds is 2. The van der Waals surface area contributed by atoms with Crippen molar-refractivity contribution in [2.75, 3.05) is 13.1 Å². The fourth-order valence-electron chi connectivity index (χ4n) is 2.19. The lowest BCUT2D eigenvalue weighted by Crippen LogP contribution is -2.38. The SMILES string of the molecule is C[C@H]1CCCN1ON1CCC[C@@H]1C. The molecule has 3 nitrogen and oxygen atoms in total. The van der Waals surface area contributed by atoms with Gasteiger partial charge in [0, 0.05) is 25.2 Å². The van der Waals surface area contributed by atoms with Gasteiger partial charge in [0.25, 0.3) is 0 Å². The van der Waals surface area contributed by atoms with E-state index in [0.29, 0.717) is 12.1 Å². The first-order valence-electron chi connectivity index (χ1n) is 5.49. The number of hydrogen-bond acceptors (Lipinski definition) is 3. The molecule has 0 saturated carbocycles. The Balaban J connectivity index is 1.82. The van der Waals surface area contributed by atoms with Crippen molar-refractivity contribution in [2.45, 2.75) is 51.6 Å². The lowest BCUT2D eigenvalue weighted by molar-refractivity contribution is -0.332. The maximum atomic E-state index is 5.86. The van der Waals surface area contributed by atoms with E-state index < -0.39 is 0 Å². The van der Waals surface area contributed by atoms with E-state index in [1.165, 1.54) is 25.7 Å². The van der Waals surface area contributed by atoms with E-state index >= 15 is 0 Å². The molecule has 0 unspecified atom stereocenters. The topological polar surface area (TPSA) is 15.7 Å². The summed E-state index contributed by atoms with van der Waals surface area (Å²) in [4.78, 5) is 5.86. The zero-order chi connectivity index (χ0) is 9.26. The van der Waals surface area contributed by atoms with E-state index in [1.54, 1.807) is 0 Å². The monoisotopic (exact) mass is 184 g/mol. The Bertz CT molecular complexity index is 156. The molecule has 2 heterocycles. The Kier molecular flexibility index (Phi) is 2.86. The van der Waals surface area contributed by atoms with Crippen molar-refractivity contribution >= 4 is 0 Å². The lowest BCUT2D eigenvalue weighted by Gasteiger charge is -2.28. The Morgan fingerprint density at radius 2 is 1.38 bits per heavy atom. The fraction of sp³-hybridized carbons (Fsp3) is 1.00. The molecule has 0 aromatic carbocycles. The van der Waals surface area contributed by atoms with Gasteiger partial charge in [0.05, 0.1) is 0 Å². The summed E-state index contributed by atoms with van der Waals surface area (Å²) in [5.41, 5.74) is 0. The van der Waals surface area contributed by atoms with Crippen molar-refractivity contribution in [1.29, 1.82) is 0 Å². The molecule has 0 aromatic rings. The third-order valence-electron chi connectivity index (χ3n) is 3.19. The third-order valence-corrected chi connectivity index (χ3v) is 3.19. The van der Waals surface area contributed by atoms with Crippen LogP contribution in [0.5, 0.6) is 0 Å². The van der Waals surface area contributed by atoms with Gasteiger partial charge in [-0.3, -0.25) is 0 Å². The number of nitrogens with zero attached hydrogens (tertiary/aromatic N) is 2. The highest BCUT2D eigenvalue weighted by molar-refractivity contribution is 4.71. The number of hydroxylamine groups is 4. The van der Waals surface area contributed by atoms with Crippen molar-refractivity contribution < 1.29 is 4.94 Å². The smallest absolute Gasteiger partial charge is 0.0344 e. The van der Waals surface area contributed by atoms with Crippen LogP contribution in [-0.4, -0.2) is 35.3 Å². The Morgan fingerprint density at radius 3 is 1.69 bits per heavy atom. The fourth-order valence-corrected chi connectivity index (χ4v) is 2.19. The molecule has 0 amide bonds. The minimum atomic E-state index is 0.604. The molecule has 2 fully saturated rings. The van der Waals surface area contributed by atoms with Crippen LogP contribution in [0.15, 0.2) is 0 Å². The van der Waals surface area contributed by atoms with Gasteiger partial charge in [0.15, 0.2) is 0 Å². The van der Waals surface area contributed by atoms with E-state index in [4.69, 9.17) is 4.94 Å². The molecular formula is C10H20N2O. The molecule has 0 aliphatic carbocycles. The van der Waals surface area contributed by atoms with Crippen LogP contribution < -0.4 is 0 Å². The molecule has 2 saturated heterocycles. The van der Waals surface area contributed by atoms with Crippen LogP contribution in [0.3, 0.4) is 0 Å². The molecule has 13 heavy (non-hydrogen) atoms. The molecule has 0 radical (unpaired) electrons. The molecule has 2 atom stereocenters. The van der Waals surface area contributed by atoms with Gasteiger partial charge >= 0.3 is 0 Å². The van der Waals surface area contributed by atoms with Crippen molar-refractivity contribution in [2.24, 2.45) is 0 Å². The van der Waals surface area contributed by atoms with Crippen molar-refractivity contribution in [3.05, 3.63) is 0 Å². The molecule has 2 rings (SSSR count). The van der Waals surface area contributed by atoms with Crippen LogP contribution in [0.25, 0.3) is 0 Å². The second-order valence-corrected chi connectivity index (χ2v) is 4.35. The summed E-state index contributed by atoms with van der Waals surface area (Å²) in [6.45, 7) is 6.69. The predicted octanol–water partition coefficient (Wildman–Crippen LogP) is 1.80. The summed E-state index contributed by atoms with van der Waals surface area (Å²) in [6, 6.07) is 1.21. The zero-order valence-electron chi connectivity index (χ0n) is 8.70. The maximum Gasteiger partial charge on any atom is 0.0344 e. The van der Waals surface area contributed by atoms with Crippen LogP contribution in [0.4, 0.5) is 0 Å². The van der Waals surface area contributed by atoms with E-state index in [0.717, 1.165) is 13.1 Å². The average Bonchev–Trinajstić information content (AvgIpc) is 2.65. The standard InChI is InChI=1S/C10H20N2O/c1-9-5-3-7-11(9)13-12-8-4-6-10(12)2/h9-10H,3-8H2,1-2H3/t9-,10-/m0/s1. The second-order valence-electron chi connectivity index (χ2n) is 4.35. The zero-order valence-corrected chi connectivity index (χ0v) is 8.70. The molecular weight excluding hydrogens is 164 g/mol. The molecule has 0 bridgehead atoms. The van der Waals surface area contributed by atoms with Gasteiger partial charge in [-0.15, -0.1) is 0 Å². The normalized spacial score (nSPS) is 37.4. The van der Waals surface area contributed by atoms with E-state index in [1.807, 2.05) is 0 Å². The van der Waals surface area contributed by atoms with Crippen LogP contribution in [0, 0.1) is 0 Å². The molecule has 2 aliphatic heterocycles. The van der Waals surface area contributed by atoms with Gasteiger partial charge in [-0.25, -0.2) is 4.94 Å². The van der Waals surface area contributed by atoms with Gasteiger partial charge in [-0.05, 0) is 39.5 Å². The first-order valence-corrected chi connectivity index (χ1v) is 5.49. The highest BCUT2D eigenvalue weighted by atomic mass is 16.8. The van der Waals surface area contributed by atoms with Crippen molar-refractivity contribution in [3.63, 3.8) is 0 Å². The van der Waals surface area contributed by atoms with Crippen LogP contribution in [0.1, 0.15) is 39.5 Å². The highest BCUT2D eigenvalue weighted by Gasteiger charge is 2.28. The van der Waals surface area contributed by atoms with E-state index in [9.17, 15) is 0 Å². The molecule has 3 heteroatoms. The first-order chi connectivity index (χ1) is 6.27. The summed E-state index contributed by atoms with van der Waals surface area (Å²) in [7, 11) is 0. The molecule has 76 valence electrons. The summed E-state index contributed by atoms with van der Waals surface area (Å²) in [5.74, 6) is 0.